The number of nitrogens with one attached hydrogen (secondary N) is 1. The molecule has 1 N–H and O–H groups in total. The highest BCUT2D eigenvalue weighted by Gasteiger charge is 2.27. The van der Waals surface area contributed by atoms with E-state index in [4.69, 9.17) is 0 Å². The average molecular weight is 409 g/mol. The van der Waals surface area contributed by atoms with Crippen molar-refractivity contribution in [3.05, 3.63) is 34.3 Å². The monoisotopic (exact) mass is 408 g/mol. The second-order valence-corrected chi connectivity index (χ2v) is 9.32. The summed E-state index contributed by atoms with van der Waals surface area (Å²) in [4.78, 5) is 13.2. The predicted octanol–water partition coefficient (Wildman–Crippen LogP) is 3.23. The summed E-state index contributed by atoms with van der Waals surface area (Å²) >= 11 is 1.04. The summed E-state index contributed by atoms with van der Waals surface area (Å²) in [5, 5.41) is 6.73. The molecule has 0 aliphatic carbocycles. The van der Waals surface area contributed by atoms with Crippen molar-refractivity contribution in [3.8, 4) is 0 Å². The molecule has 0 radical (unpaired) electrons. The van der Waals surface area contributed by atoms with Crippen molar-refractivity contribution in [1.82, 2.24) is 13.9 Å². The van der Waals surface area contributed by atoms with E-state index in [0.717, 1.165) is 37.2 Å². The van der Waals surface area contributed by atoms with E-state index in [1.807, 2.05) is 6.92 Å². The number of anilines is 1. The molecule has 1 aliphatic heterocycles. The van der Waals surface area contributed by atoms with E-state index < -0.39 is 10.0 Å². The zero-order valence-corrected chi connectivity index (χ0v) is 17.2. The number of amides is 1. The fourth-order valence-electron chi connectivity index (χ4n) is 3.18. The molecule has 2 aromatic rings. The van der Waals surface area contributed by atoms with E-state index in [2.05, 4.69) is 14.9 Å². The van der Waals surface area contributed by atoms with Crippen LogP contribution in [-0.2, 0) is 16.4 Å². The summed E-state index contributed by atoms with van der Waals surface area (Å²) in [5.74, 6) is -0.316. The van der Waals surface area contributed by atoms with Crippen LogP contribution in [0.4, 0.5) is 5.69 Å². The minimum Gasteiger partial charge on any atom is -0.321 e. The maximum atomic E-state index is 13.1. The second kappa shape index (κ2) is 8.45. The van der Waals surface area contributed by atoms with Gasteiger partial charge in [0.25, 0.3) is 5.91 Å². The lowest BCUT2D eigenvalue weighted by Crippen LogP contribution is -2.32. The number of nitrogens with zero attached hydrogens (tertiary/aromatic N) is 3. The number of carbonyl (C=O) groups is 1. The van der Waals surface area contributed by atoms with Gasteiger partial charge >= 0.3 is 0 Å². The lowest BCUT2D eigenvalue weighted by Gasteiger charge is -2.21. The summed E-state index contributed by atoms with van der Waals surface area (Å²) < 4.78 is 31.6. The quantitative estimate of drug-likeness (QED) is 0.820. The number of hydrogen-bond donors (Lipinski definition) is 1. The van der Waals surface area contributed by atoms with Crippen molar-refractivity contribution in [2.75, 3.05) is 18.4 Å². The fourth-order valence-corrected chi connectivity index (χ4v) is 5.59. The van der Waals surface area contributed by atoms with Crippen molar-refractivity contribution in [2.24, 2.45) is 0 Å². The highest BCUT2D eigenvalue weighted by Crippen LogP contribution is 2.26. The van der Waals surface area contributed by atoms with Crippen LogP contribution in [0.1, 0.15) is 53.5 Å². The number of benzene rings is 1. The second-order valence-electron chi connectivity index (χ2n) is 6.66. The summed E-state index contributed by atoms with van der Waals surface area (Å²) in [6, 6.07) is 4.99. The molecule has 1 amide bonds. The maximum Gasteiger partial charge on any atom is 0.269 e. The first-order chi connectivity index (χ1) is 12.9. The van der Waals surface area contributed by atoms with E-state index in [-0.39, 0.29) is 10.8 Å². The molecule has 1 aromatic heterocycles. The predicted molar refractivity (Wildman–Crippen MR) is 106 cm³/mol. The third-order valence-corrected chi connectivity index (χ3v) is 7.53. The SMILES string of the molecule is CCc1nnsc1C(=O)Nc1ccc(C)c(S(=O)(=O)N2CCCCCC2)c1. The van der Waals surface area contributed by atoms with Crippen molar-refractivity contribution in [2.45, 2.75) is 50.8 Å². The van der Waals surface area contributed by atoms with Crippen molar-refractivity contribution in [3.63, 3.8) is 0 Å². The molecule has 7 nitrogen and oxygen atoms in total. The molecule has 9 heteroatoms. The van der Waals surface area contributed by atoms with Gasteiger partial charge in [0.1, 0.15) is 4.88 Å². The average Bonchev–Trinajstić information content (AvgIpc) is 2.96. The first-order valence-electron chi connectivity index (χ1n) is 9.17. The molecule has 0 unspecified atom stereocenters. The third-order valence-electron chi connectivity index (χ3n) is 4.73. The molecule has 27 heavy (non-hydrogen) atoms. The Morgan fingerprint density at radius 3 is 2.59 bits per heavy atom. The van der Waals surface area contributed by atoms with Gasteiger partial charge in [0.2, 0.25) is 10.0 Å². The number of sulfonamides is 1. The largest absolute Gasteiger partial charge is 0.321 e. The zero-order valence-electron chi connectivity index (χ0n) is 15.6. The van der Waals surface area contributed by atoms with Gasteiger partial charge in [-0.15, -0.1) is 5.10 Å². The van der Waals surface area contributed by atoms with Crippen LogP contribution < -0.4 is 5.32 Å². The van der Waals surface area contributed by atoms with Gasteiger partial charge in [-0.2, -0.15) is 4.31 Å². The zero-order chi connectivity index (χ0) is 19.4. The smallest absolute Gasteiger partial charge is 0.269 e. The molecule has 0 saturated carbocycles. The Balaban J connectivity index is 1.86. The Hall–Kier alpha value is -1.84. The number of hydrogen-bond acceptors (Lipinski definition) is 6. The maximum absolute atomic E-state index is 13.1. The first-order valence-corrected chi connectivity index (χ1v) is 11.4. The van der Waals surface area contributed by atoms with Crippen LogP contribution in [0.15, 0.2) is 23.1 Å². The minimum absolute atomic E-state index is 0.250. The van der Waals surface area contributed by atoms with Gasteiger partial charge in [-0.3, -0.25) is 4.79 Å². The van der Waals surface area contributed by atoms with Crippen molar-refractivity contribution in [1.29, 1.82) is 0 Å². The molecule has 0 bridgehead atoms. The Bertz CT molecular complexity index is 916. The van der Waals surface area contributed by atoms with E-state index >= 15 is 0 Å². The Morgan fingerprint density at radius 1 is 1.22 bits per heavy atom. The van der Waals surface area contributed by atoms with Crippen LogP contribution in [0.25, 0.3) is 0 Å². The molecule has 0 spiro atoms. The Labute approximate surface area is 164 Å². The molecule has 146 valence electrons. The van der Waals surface area contributed by atoms with Crippen LogP contribution in [0.5, 0.6) is 0 Å². The van der Waals surface area contributed by atoms with Crippen LogP contribution in [0.3, 0.4) is 0 Å². The van der Waals surface area contributed by atoms with Gasteiger partial charge in [-0.05, 0) is 55.4 Å². The number of aryl methyl sites for hydroxylation is 2. The third kappa shape index (κ3) is 4.36. The summed E-state index contributed by atoms with van der Waals surface area (Å²) in [6.45, 7) is 4.78. The van der Waals surface area contributed by atoms with Gasteiger partial charge in [0, 0.05) is 18.8 Å². The molecular weight excluding hydrogens is 384 g/mol. The van der Waals surface area contributed by atoms with Crippen LogP contribution in [0.2, 0.25) is 0 Å². The number of carbonyl (C=O) groups excluding carboxylic acids is 1. The van der Waals surface area contributed by atoms with Crippen LogP contribution in [-0.4, -0.2) is 41.3 Å². The Kier molecular flexibility index (Phi) is 6.23. The van der Waals surface area contributed by atoms with E-state index in [1.54, 1.807) is 29.4 Å². The highest BCUT2D eigenvalue weighted by atomic mass is 32.2. The summed E-state index contributed by atoms with van der Waals surface area (Å²) in [7, 11) is -3.58. The van der Waals surface area contributed by atoms with Gasteiger partial charge in [-0.25, -0.2) is 8.42 Å². The summed E-state index contributed by atoms with van der Waals surface area (Å²) in [5.41, 5.74) is 1.77. The van der Waals surface area contributed by atoms with E-state index in [9.17, 15) is 13.2 Å². The molecule has 0 atom stereocenters. The lowest BCUT2D eigenvalue weighted by molar-refractivity contribution is 0.102. The molecule has 1 fully saturated rings. The molecule has 1 aromatic carbocycles. The number of aromatic nitrogens is 2. The number of rotatable bonds is 5. The molecule has 1 aliphatic rings. The molecule has 1 saturated heterocycles. The summed E-state index contributed by atoms with van der Waals surface area (Å²) in [6.07, 6.45) is 4.50. The standard InChI is InChI=1S/C18H24N4O3S2/c1-3-15-17(26-21-20-15)18(23)19-14-9-8-13(2)16(12-14)27(24,25)22-10-6-4-5-7-11-22/h8-9,12H,3-7,10-11H2,1-2H3,(H,19,23). The fraction of sp³-hybridized carbons (Fsp3) is 0.500. The minimum atomic E-state index is -3.58. The first kappa shape index (κ1) is 19.9. The molecule has 3 rings (SSSR count). The van der Waals surface area contributed by atoms with E-state index in [1.165, 1.54) is 0 Å². The topological polar surface area (TPSA) is 92.3 Å². The van der Waals surface area contributed by atoms with Crippen molar-refractivity contribution < 1.29 is 13.2 Å². The van der Waals surface area contributed by atoms with Crippen molar-refractivity contribution >= 4 is 33.2 Å². The normalized spacial score (nSPS) is 16.1. The molecular formula is C18H24N4O3S2. The van der Waals surface area contributed by atoms with E-state index in [0.29, 0.717) is 41.3 Å². The van der Waals surface area contributed by atoms with Crippen LogP contribution in [0, 0.1) is 6.92 Å². The Morgan fingerprint density at radius 2 is 1.93 bits per heavy atom. The van der Waals surface area contributed by atoms with Gasteiger partial charge < -0.3 is 5.32 Å². The van der Waals surface area contributed by atoms with Gasteiger partial charge in [-0.1, -0.05) is 30.3 Å². The van der Waals surface area contributed by atoms with Crippen LogP contribution >= 0.6 is 11.5 Å². The van der Waals surface area contributed by atoms with Gasteiger partial charge in [0.05, 0.1) is 10.6 Å². The van der Waals surface area contributed by atoms with Gasteiger partial charge in [0.15, 0.2) is 0 Å². The lowest BCUT2D eigenvalue weighted by atomic mass is 10.2. The highest BCUT2D eigenvalue weighted by molar-refractivity contribution is 7.89. The molecule has 2 heterocycles.